The highest BCUT2D eigenvalue weighted by atomic mass is 16.6. The molecule has 2 aliphatic rings. The van der Waals surface area contributed by atoms with Crippen LogP contribution in [0.2, 0.25) is 0 Å². The number of unbranched alkanes of at least 4 members (excludes halogenated alkanes) is 1. The SMILES string of the molecule is CCCCC(=O)Oc1ccc([C@@H]2Nc3ccc4ccccc4c3C3=C2C(=O)CCC3)cc1OC. The lowest BCUT2D eigenvalue weighted by atomic mass is 9.77. The Morgan fingerprint density at radius 2 is 1.91 bits per heavy atom. The Hall–Kier alpha value is -3.60. The fourth-order valence-corrected chi connectivity index (χ4v) is 5.10. The molecule has 0 saturated carbocycles. The molecule has 3 aromatic rings. The third kappa shape index (κ3) is 3.96. The molecule has 5 heteroatoms. The van der Waals surface area contributed by atoms with Gasteiger partial charge in [-0.25, -0.2) is 0 Å². The first-order valence-electron chi connectivity index (χ1n) is 12.0. The van der Waals surface area contributed by atoms with Gasteiger partial charge in [-0.2, -0.15) is 0 Å². The maximum Gasteiger partial charge on any atom is 0.311 e. The molecule has 1 heterocycles. The average Bonchev–Trinajstić information content (AvgIpc) is 2.87. The zero-order valence-electron chi connectivity index (χ0n) is 19.6. The molecule has 0 spiro atoms. The minimum absolute atomic E-state index is 0.186. The molecule has 174 valence electrons. The van der Waals surface area contributed by atoms with E-state index in [0.717, 1.165) is 53.6 Å². The predicted molar refractivity (Wildman–Crippen MR) is 134 cm³/mol. The van der Waals surface area contributed by atoms with Gasteiger partial charge in [-0.05, 0) is 59.4 Å². The summed E-state index contributed by atoms with van der Waals surface area (Å²) in [7, 11) is 1.56. The van der Waals surface area contributed by atoms with E-state index in [1.165, 1.54) is 10.8 Å². The smallest absolute Gasteiger partial charge is 0.311 e. The van der Waals surface area contributed by atoms with E-state index in [1.54, 1.807) is 13.2 Å². The number of ether oxygens (including phenoxy) is 2. The van der Waals surface area contributed by atoms with Gasteiger partial charge in [0, 0.05) is 29.7 Å². The second kappa shape index (κ2) is 9.34. The Morgan fingerprint density at radius 1 is 1.06 bits per heavy atom. The summed E-state index contributed by atoms with van der Waals surface area (Å²) in [6, 6.07) is 17.8. The number of rotatable bonds is 6. The van der Waals surface area contributed by atoms with E-state index >= 15 is 0 Å². The summed E-state index contributed by atoms with van der Waals surface area (Å²) in [4.78, 5) is 25.4. The third-order valence-corrected chi connectivity index (χ3v) is 6.75. The summed E-state index contributed by atoms with van der Waals surface area (Å²) in [5, 5.41) is 5.97. The molecule has 1 aliphatic carbocycles. The van der Waals surface area contributed by atoms with Crippen molar-refractivity contribution in [3.8, 4) is 11.5 Å². The average molecular weight is 456 g/mol. The van der Waals surface area contributed by atoms with E-state index in [4.69, 9.17) is 9.47 Å². The summed E-state index contributed by atoms with van der Waals surface area (Å²) >= 11 is 0. The van der Waals surface area contributed by atoms with Gasteiger partial charge < -0.3 is 14.8 Å². The van der Waals surface area contributed by atoms with Crippen LogP contribution in [0.25, 0.3) is 16.3 Å². The van der Waals surface area contributed by atoms with Crippen LogP contribution < -0.4 is 14.8 Å². The molecule has 0 bridgehead atoms. The highest BCUT2D eigenvalue weighted by Gasteiger charge is 2.35. The first kappa shape index (κ1) is 22.2. The van der Waals surface area contributed by atoms with E-state index in [-0.39, 0.29) is 17.8 Å². The van der Waals surface area contributed by atoms with Crippen LogP contribution in [-0.4, -0.2) is 18.9 Å². The Labute approximate surface area is 199 Å². The van der Waals surface area contributed by atoms with Gasteiger partial charge in [-0.15, -0.1) is 0 Å². The number of methoxy groups -OCH3 is 1. The standard InChI is InChI=1S/C29H29NO4/c1-3-4-12-26(32)34-24-16-14-19(17-25(24)33-2)29-28-21(10-7-11-23(28)31)27-20-9-6-5-8-18(20)13-15-22(27)30-29/h5-6,8-9,13-17,29-30H,3-4,7,10-12H2,1-2H3/t29-/m0/s1. The van der Waals surface area contributed by atoms with Crippen LogP contribution in [0, 0.1) is 0 Å². The molecular formula is C29H29NO4. The highest BCUT2D eigenvalue weighted by molar-refractivity contribution is 6.12. The summed E-state index contributed by atoms with van der Waals surface area (Å²) in [5.74, 6) is 0.806. The zero-order chi connectivity index (χ0) is 23.7. The van der Waals surface area contributed by atoms with Gasteiger partial charge in [0.2, 0.25) is 0 Å². The molecule has 3 aromatic carbocycles. The Bertz CT molecular complexity index is 1310. The van der Waals surface area contributed by atoms with Crippen molar-refractivity contribution in [2.45, 2.75) is 51.5 Å². The molecule has 0 saturated heterocycles. The summed E-state index contributed by atoms with van der Waals surface area (Å²) in [6.45, 7) is 2.04. The number of fused-ring (bicyclic) bond motifs is 4. The number of anilines is 1. The van der Waals surface area contributed by atoms with Crippen LogP contribution in [-0.2, 0) is 9.59 Å². The van der Waals surface area contributed by atoms with Crippen molar-refractivity contribution in [3.63, 3.8) is 0 Å². The first-order chi connectivity index (χ1) is 16.6. The van der Waals surface area contributed by atoms with Gasteiger partial charge in [-0.1, -0.05) is 49.7 Å². The number of hydrogen-bond acceptors (Lipinski definition) is 5. The number of carbonyl (C=O) groups is 2. The molecule has 0 aromatic heterocycles. The van der Waals surface area contributed by atoms with Gasteiger partial charge in [0.1, 0.15) is 0 Å². The number of allylic oxidation sites excluding steroid dienone is 1. The quantitative estimate of drug-likeness (QED) is 0.334. The first-order valence-corrected chi connectivity index (χ1v) is 12.0. The molecule has 0 amide bonds. The Kier molecular flexibility index (Phi) is 6.10. The molecular weight excluding hydrogens is 426 g/mol. The van der Waals surface area contributed by atoms with E-state index < -0.39 is 0 Å². The van der Waals surface area contributed by atoms with E-state index in [1.807, 2.05) is 31.2 Å². The molecule has 1 aliphatic heterocycles. The van der Waals surface area contributed by atoms with Gasteiger partial charge in [0.25, 0.3) is 0 Å². The minimum Gasteiger partial charge on any atom is -0.493 e. The summed E-state index contributed by atoms with van der Waals surface area (Å²) < 4.78 is 11.1. The predicted octanol–water partition coefficient (Wildman–Crippen LogP) is 6.62. The van der Waals surface area contributed by atoms with E-state index in [2.05, 4.69) is 29.6 Å². The Balaban J connectivity index is 1.57. The van der Waals surface area contributed by atoms with Crippen molar-refractivity contribution in [1.82, 2.24) is 0 Å². The fourth-order valence-electron chi connectivity index (χ4n) is 5.10. The second-order valence-corrected chi connectivity index (χ2v) is 8.94. The van der Waals surface area contributed by atoms with Crippen molar-refractivity contribution >= 4 is 33.8 Å². The molecule has 34 heavy (non-hydrogen) atoms. The van der Waals surface area contributed by atoms with Crippen LogP contribution in [0.3, 0.4) is 0 Å². The number of Topliss-reactive ketones (excluding diaryl/α,β-unsaturated/α-hetero) is 1. The molecule has 1 N–H and O–H groups in total. The lowest BCUT2D eigenvalue weighted by Crippen LogP contribution is -2.27. The lowest BCUT2D eigenvalue weighted by molar-refractivity contribution is -0.134. The highest BCUT2D eigenvalue weighted by Crippen LogP contribution is 2.48. The lowest BCUT2D eigenvalue weighted by Gasteiger charge is -2.35. The maximum atomic E-state index is 13.2. The van der Waals surface area contributed by atoms with Gasteiger partial charge in [-0.3, -0.25) is 9.59 Å². The second-order valence-electron chi connectivity index (χ2n) is 8.94. The van der Waals surface area contributed by atoms with E-state index in [9.17, 15) is 9.59 Å². The minimum atomic E-state index is -0.282. The van der Waals surface area contributed by atoms with Crippen LogP contribution in [0.1, 0.15) is 62.6 Å². The monoisotopic (exact) mass is 455 g/mol. The third-order valence-electron chi connectivity index (χ3n) is 6.75. The normalized spacial score (nSPS) is 17.1. The largest absolute Gasteiger partial charge is 0.493 e. The van der Waals surface area contributed by atoms with E-state index in [0.29, 0.717) is 24.3 Å². The van der Waals surface area contributed by atoms with Crippen molar-refractivity contribution in [2.24, 2.45) is 0 Å². The van der Waals surface area contributed by atoms with Crippen molar-refractivity contribution in [1.29, 1.82) is 0 Å². The van der Waals surface area contributed by atoms with Crippen LogP contribution in [0.4, 0.5) is 5.69 Å². The van der Waals surface area contributed by atoms with Gasteiger partial charge in [0.05, 0.1) is 13.2 Å². The topological polar surface area (TPSA) is 64.6 Å². The number of ketones is 1. The molecule has 0 fully saturated rings. The molecule has 1 atom stereocenters. The zero-order valence-corrected chi connectivity index (χ0v) is 19.6. The van der Waals surface area contributed by atoms with Crippen molar-refractivity contribution < 1.29 is 19.1 Å². The summed E-state index contributed by atoms with van der Waals surface area (Å²) in [6.07, 6.45) is 4.40. The fraction of sp³-hybridized carbons (Fsp3) is 0.310. The number of carbonyl (C=O) groups excluding carboxylic acids is 2. The van der Waals surface area contributed by atoms with Gasteiger partial charge >= 0.3 is 5.97 Å². The van der Waals surface area contributed by atoms with Crippen LogP contribution in [0.5, 0.6) is 11.5 Å². The Morgan fingerprint density at radius 3 is 2.74 bits per heavy atom. The van der Waals surface area contributed by atoms with Crippen molar-refractivity contribution in [2.75, 3.05) is 12.4 Å². The molecule has 0 radical (unpaired) electrons. The summed E-state index contributed by atoms with van der Waals surface area (Å²) in [5.41, 5.74) is 5.06. The van der Waals surface area contributed by atoms with Gasteiger partial charge in [0.15, 0.2) is 17.3 Å². The molecule has 5 nitrogen and oxygen atoms in total. The number of esters is 1. The molecule has 5 rings (SSSR count). The van der Waals surface area contributed by atoms with Crippen LogP contribution in [0.15, 0.2) is 60.2 Å². The van der Waals surface area contributed by atoms with Crippen LogP contribution >= 0.6 is 0 Å². The molecule has 0 unspecified atom stereocenters. The number of hydrogen-bond donors (Lipinski definition) is 1. The van der Waals surface area contributed by atoms with Crippen molar-refractivity contribution in [3.05, 3.63) is 71.3 Å². The number of nitrogens with one attached hydrogen (secondary N) is 1. The number of benzene rings is 3. The maximum absolute atomic E-state index is 13.2.